The number of halogens is 3. The van der Waals surface area contributed by atoms with Gasteiger partial charge in [0.25, 0.3) is 0 Å². The van der Waals surface area contributed by atoms with Crippen molar-refractivity contribution >= 4 is 17.1 Å². The van der Waals surface area contributed by atoms with Gasteiger partial charge in [0, 0.05) is 11.8 Å². The minimum atomic E-state index is -0.855. The van der Waals surface area contributed by atoms with Crippen LogP contribution in [0, 0.1) is 24.4 Å². The molecule has 2 aromatic rings. The first kappa shape index (κ1) is 12.3. The molecule has 0 saturated carbocycles. The van der Waals surface area contributed by atoms with Crippen LogP contribution in [0.5, 0.6) is 0 Å². The van der Waals surface area contributed by atoms with E-state index >= 15 is 0 Å². The lowest BCUT2D eigenvalue weighted by Crippen LogP contribution is -2.01. The van der Waals surface area contributed by atoms with E-state index in [4.69, 9.17) is 5.73 Å². The number of hydrogen-bond donors (Lipinski definition) is 2. The Kier molecular flexibility index (Phi) is 3.14. The van der Waals surface area contributed by atoms with E-state index in [9.17, 15) is 13.2 Å². The van der Waals surface area contributed by atoms with E-state index in [1.54, 1.807) is 13.0 Å². The minimum absolute atomic E-state index is 0.0706. The Hall–Kier alpha value is -2.17. The fourth-order valence-corrected chi connectivity index (χ4v) is 1.56. The van der Waals surface area contributed by atoms with Gasteiger partial charge in [-0.15, -0.1) is 0 Å². The molecule has 18 heavy (non-hydrogen) atoms. The maximum Gasteiger partial charge on any atom is 0.151 e. The molecule has 5 heteroatoms. The zero-order valence-electron chi connectivity index (χ0n) is 9.60. The Morgan fingerprint density at radius 3 is 2.33 bits per heavy atom. The molecular weight excluding hydrogens is 241 g/mol. The Labute approximate surface area is 102 Å². The van der Waals surface area contributed by atoms with E-state index in [1.807, 2.05) is 0 Å². The SMILES string of the molecule is Cc1ccc(F)cc1Nc1cc(F)cc(F)c1N. The van der Waals surface area contributed by atoms with E-state index in [-0.39, 0.29) is 11.4 Å². The molecule has 0 aliphatic rings. The molecule has 0 heterocycles. The summed E-state index contributed by atoms with van der Waals surface area (Å²) in [7, 11) is 0. The van der Waals surface area contributed by atoms with Gasteiger partial charge in [-0.1, -0.05) is 6.07 Å². The summed E-state index contributed by atoms with van der Waals surface area (Å²) < 4.78 is 39.4. The number of nitrogens with one attached hydrogen (secondary N) is 1. The average Bonchev–Trinajstić information content (AvgIpc) is 2.30. The molecule has 0 bridgehead atoms. The highest BCUT2D eigenvalue weighted by Gasteiger charge is 2.09. The zero-order chi connectivity index (χ0) is 13.3. The van der Waals surface area contributed by atoms with Gasteiger partial charge in [0.15, 0.2) is 5.82 Å². The Morgan fingerprint density at radius 1 is 0.944 bits per heavy atom. The first-order valence-electron chi connectivity index (χ1n) is 5.25. The van der Waals surface area contributed by atoms with Gasteiger partial charge in [0.05, 0.1) is 11.4 Å². The predicted molar refractivity (Wildman–Crippen MR) is 65.2 cm³/mol. The first-order chi connectivity index (χ1) is 8.47. The number of aryl methyl sites for hydroxylation is 1. The van der Waals surface area contributed by atoms with Gasteiger partial charge in [-0.25, -0.2) is 13.2 Å². The van der Waals surface area contributed by atoms with Crippen molar-refractivity contribution in [2.24, 2.45) is 0 Å². The van der Waals surface area contributed by atoms with Gasteiger partial charge < -0.3 is 11.1 Å². The van der Waals surface area contributed by atoms with Crippen LogP contribution in [0.2, 0.25) is 0 Å². The van der Waals surface area contributed by atoms with Crippen molar-refractivity contribution in [3.8, 4) is 0 Å². The maximum absolute atomic E-state index is 13.2. The summed E-state index contributed by atoms with van der Waals surface area (Å²) in [6.07, 6.45) is 0. The Morgan fingerprint density at radius 2 is 1.61 bits per heavy atom. The normalized spacial score (nSPS) is 10.4. The second-order valence-corrected chi connectivity index (χ2v) is 3.93. The molecule has 0 spiro atoms. The Bertz CT molecular complexity index is 597. The molecule has 0 atom stereocenters. The topological polar surface area (TPSA) is 38.0 Å². The van der Waals surface area contributed by atoms with Crippen molar-refractivity contribution in [1.29, 1.82) is 0 Å². The smallest absolute Gasteiger partial charge is 0.151 e. The fraction of sp³-hybridized carbons (Fsp3) is 0.0769. The largest absolute Gasteiger partial charge is 0.395 e. The molecule has 94 valence electrons. The fourth-order valence-electron chi connectivity index (χ4n) is 1.56. The summed E-state index contributed by atoms with van der Waals surface area (Å²) in [5.74, 6) is -2.05. The highest BCUT2D eigenvalue weighted by molar-refractivity contribution is 5.74. The predicted octanol–water partition coefficient (Wildman–Crippen LogP) is 3.74. The first-order valence-corrected chi connectivity index (χ1v) is 5.25. The highest BCUT2D eigenvalue weighted by Crippen LogP contribution is 2.28. The van der Waals surface area contributed by atoms with Crippen molar-refractivity contribution in [2.75, 3.05) is 11.1 Å². The maximum atomic E-state index is 13.2. The van der Waals surface area contributed by atoms with E-state index in [1.165, 1.54) is 12.1 Å². The molecule has 2 rings (SSSR count). The zero-order valence-corrected chi connectivity index (χ0v) is 9.60. The number of nitrogens with two attached hydrogens (primary N) is 1. The van der Waals surface area contributed by atoms with Crippen LogP contribution in [0.4, 0.5) is 30.2 Å². The molecule has 0 aliphatic carbocycles. The third kappa shape index (κ3) is 2.40. The van der Waals surface area contributed by atoms with E-state index < -0.39 is 17.5 Å². The summed E-state index contributed by atoms with van der Waals surface area (Å²) in [5, 5.41) is 2.72. The van der Waals surface area contributed by atoms with Crippen LogP contribution in [0.3, 0.4) is 0 Å². The van der Waals surface area contributed by atoms with Gasteiger partial charge in [-0.05, 0) is 30.7 Å². The molecule has 0 fully saturated rings. The van der Waals surface area contributed by atoms with Crippen LogP contribution in [0.25, 0.3) is 0 Å². The molecule has 0 saturated heterocycles. The van der Waals surface area contributed by atoms with Crippen LogP contribution < -0.4 is 11.1 Å². The quantitative estimate of drug-likeness (QED) is 0.799. The molecular formula is C13H11F3N2. The molecule has 0 aliphatic heterocycles. The van der Waals surface area contributed by atoms with Crippen molar-refractivity contribution in [1.82, 2.24) is 0 Å². The van der Waals surface area contributed by atoms with Gasteiger partial charge >= 0.3 is 0 Å². The van der Waals surface area contributed by atoms with Crippen LogP contribution in [0.15, 0.2) is 30.3 Å². The third-order valence-corrected chi connectivity index (χ3v) is 2.56. The van der Waals surface area contributed by atoms with Gasteiger partial charge in [0.2, 0.25) is 0 Å². The molecule has 3 N–H and O–H groups in total. The van der Waals surface area contributed by atoms with E-state index in [2.05, 4.69) is 5.32 Å². The molecule has 2 aromatic carbocycles. The minimum Gasteiger partial charge on any atom is -0.395 e. The van der Waals surface area contributed by atoms with Gasteiger partial charge in [-0.3, -0.25) is 0 Å². The average molecular weight is 252 g/mol. The number of anilines is 3. The monoisotopic (exact) mass is 252 g/mol. The molecule has 0 radical (unpaired) electrons. The standard InChI is InChI=1S/C13H11F3N2/c1-7-2-3-8(14)5-11(7)18-12-6-9(15)4-10(16)13(12)17/h2-6,18H,17H2,1H3. The Balaban J connectivity index is 2.43. The van der Waals surface area contributed by atoms with E-state index in [0.29, 0.717) is 11.8 Å². The van der Waals surface area contributed by atoms with Crippen LogP contribution in [0.1, 0.15) is 5.56 Å². The number of nitrogen functional groups attached to an aromatic ring is 1. The summed E-state index contributed by atoms with van der Waals surface area (Å²) >= 11 is 0. The highest BCUT2D eigenvalue weighted by atomic mass is 19.1. The lowest BCUT2D eigenvalue weighted by atomic mass is 10.1. The van der Waals surface area contributed by atoms with E-state index in [0.717, 1.165) is 11.6 Å². The van der Waals surface area contributed by atoms with Crippen molar-refractivity contribution in [3.63, 3.8) is 0 Å². The molecule has 0 unspecified atom stereocenters. The molecule has 0 amide bonds. The lowest BCUT2D eigenvalue weighted by molar-refractivity contribution is 0.587. The lowest BCUT2D eigenvalue weighted by Gasteiger charge is -2.12. The van der Waals surface area contributed by atoms with Crippen molar-refractivity contribution in [2.45, 2.75) is 6.92 Å². The third-order valence-electron chi connectivity index (χ3n) is 2.56. The second kappa shape index (κ2) is 4.60. The molecule has 2 nitrogen and oxygen atoms in total. The number of hydrogen-bond acceptors (Lipinski definition) is 2. The summed E-state index contributed by atoms with van der Waals surface area (Å²) in [6.45, 7) is 1.74. The summed E-state index contributed by atoms with van der Waals surface area (Å²) in [4.78, 5) is 0. The number of rotatable bonds is 2. The summed E-state index contributed by atoms with van der Waals surface area (Å²) in [6, 6.07) is 5.85. The van der Waals surface area contributed by atoms with Gasteiger partial charge in [0.1, 0.15) is 11.6 Å². The van der Waals surface area contributed by atoms with Crippen LogP contribution in [-0.2, 0) is 0 Å². The molecule has 0 aromatic heterocycles. The van der Waals surface area contributed by atoms with Crippen molar-refractivity contribution < 1.29 is 13.2 Å². The summed E-state index contributed by atoms with van der Waals surface area (Å²) in [5.41, 5.74) is 6.50. The van der Waals surface area contributed by atoms with Crippen LogP contribution in [-0.4, -0.2) is 0 Å². The van der Waals surface area contributed by atoms with Crippen LogP contribution >= 0.6 is 0 Å². The number of benzene rings is 2. The van der Waals surface area contributed by atoms with Gasteiger partial charge in [-0.2, -0.15) is 0 Å². The second-order valence-electron chi connectivity index (χ2n) is 3.93. The van der Waals surface area contributed by atoms with Crippen molar-refractivity contribution in [3.05, 3.63) is 53.3 Å².